The molecule has 0 bridgehead atoms. The van der Waals surface area contributed by atoms with Crippen LogP contribution in [-0.2, 0) is 22.6 Å². The van der Waals surface area contributed by atoms with Crippen molar-refractivity contribution >= 4 is 34.6 Å². The smallest absolute Gasteiger partial charge is 0.224 e. The first kappa shape index (κ1) is 17.4. The summed E-state index contributed by atoms with van der Waals surface area (Å²) in [4.78, 5) is 38.8. The van der Waals surface area contributed by atoms with Crippen LogP contribution in [0.2, 0.25) is 0 Å². The molecule has 6 heteroatoms. The Morgan fingerprint density at radius 3 is 2.60 bits per heavy atom. The molecule has 1 aromatic carbocycles. The summed E-state index contributed by atoms with van der Waals surface area (Å²) in [6.07, 6.45) is 1.25. The molecule has 1 aromatic heterocycles. The number of carbonyl (C=O) groups is 3. The van der Waals surface area contributed by atoms with E-state index in [1.54, 1.807) is 35.6 Å². The molecule has 0 aliphatic carbocycles. The van der Waals surface area contributed by atoms with Crippen LogP contribution in [0.5, 0.6) is 0 Å². The maximum absolute atomic E-state index is 12.3. The maximum atomic E-state index is 12.3. The van der Waals surface area contributed by atoms with Crippen molar-refractivity contribution < 1.29 is 14.4 Å². The fourth-order valence-electron chi connectivity index (χ4n) is 2.85. The highest BCUT2D eigenvalue weighted by Crippen LogP contribution is 2.24. The quantitative estimate of drug-likeness (QED) is 0.836. The average Bonchev–Trinajstić information content (AvgIpc) is 3.07. The van der Waals surface area contributed by atoms with E-state index in [1.165, 1.54) is 17.4 Å². The van der Waals surface area contributed by atoms with Crippen molar-refractivity contribution in [1.82, 2.24) is 4.90 Å². The van der Waals surface area contributed by atoms with Gasteiger partial charge in [-0.25, -0.2) is 0 Å². The molecule has 25 heavy (non-hydrogen) atoms. The van der Waals surface area contributed by atoms with Crippen molar-refractivity contribution in [1.29, 1.82) is 0 Å². The van der Waals surface area contributed by atoms with E-state index in [0.29, 0.717) is 17.8 Å². The van der Waals surface area contributed by atoms with Gasteiger partial charge in [-0.05, 0) is 54.6 Å². The molecule has 2 amide bonds. The molecule has 1 aliphatic rings. The standard InChI is InChI=1S/C19H20N2O3S/c1-13(22)14-2-4-16(5-3-14)20-18(23)6-7-19(24)21-10-8-17-15(12-21)9-11-25-17/h2-5,9,11H,6-8,10,12H2,1H3,(H,20,23). The summed E-state index contributed by atoms with van der Waals surface area (Å²) in [6.45, 7) is 2.87. The molecule has 5 nitrogen and oxygen atoms in total. The van der Waals surface area contributed by atoms with Crippen LogP contribution < -0.4 is 5.32 Å². The predicted molar refractivity (Wildman–Crippen MR) is 97.8 cm³/mol. The van der Waals surface area contributed by atoms with E-state index >= 15 is 0 Å². The second-order valence-corrected chi connectivity index (χ2v) is 7.12. The minimum atomic E-state index is -0.197. The number of hydrogen-bond acceptors (Lipinski definition) is 4. The van der Waals surface area contributed by atoms with Crippen LogP contribution in [0, 0.1) is 0 Å². The number of ketones is 1. The lowest BCUT2D eigenvalue weighted by Gasteiger charge is -2.27. The summed E-state index contributed by atoms with van der Waals surface area (Å²) in [5, 5.41) is 4.82. The zero-order chi connectivity index (χ0) is 17.8. The van der Waals surface area contributed by atoms with Gasteiger partial charge in [-0.3, -0.25) is 14.4 Å². The molecule has 2 heterocycles. The Bertz CT molecular complexity index is 795. The third-order valence-electron chi connectivity index (χ3n) is 4.30. The normalized spacial score (nSPS) is 13.2. The summed E-state index contributed by atoms with van der Waals surface area (Å²) in [5.41, 5.74) is 2.45. The van der Waals surface area contributed by atoms with Crippen LogP contribution in [0.15, 0.2) is 35.7 Å². The van der Waals surface area contributed by atoms with Gasteiger partial charge in [-0.15, -0.1) is 11.3 Å². The minimum absolute atomic E-state index is 0.0129. The molecule has 0 spiro atoms. The maximum Gasteiger partial charge on any atom is 0.224 e. The number of amides is 2. The lowest BCUT2D eigenvalue weighted by molar-refractivity contribution is -0.133. The van der Waals surface area contributed by atoms with Gasteiger partial charge in [0.25, 0.3) is 0 Å². The average molecular weight is 356 g/mol. The first-order valence-corrected chi connectivity index (χ1v) is 9.15. The SMILES string of the molecule is CC(=O)c1ccc(NC(=O)CCC(=O)N2CCc3sccc3C2)cc1. The summed E-state index contributed by atoms with van der Waals surface area (Å²) < 4.78 is 0. The lowest BCUT2D eigenvalue weighted by Crippen LogP contribution is -2.35. The first-order valence-electron chi connectivity index (χ1n) is 8.27. The molecule has 1 N–H and O–H groups in total. The highest BCUT2D eigenvalue weighted by molar-refractivity contribution is 7.10. The Hall–Kier alpha value is -2.47. The van der Waals surface area contributed by atoms with Gasteiger partial charge in [0.2, 0.25) is 11.8 Å². The van der Waals surface area contributed by atoms with Crippen LogP contribution in [0.1, 0.15) is 40.6 Å². The monoisotopic (exact) mass is 356 g/mol. The van der Waals surface area contributed by atoms with E-state index in [9.17, 15) is 14.4 Å². The van der Waals surface area contributed by atoms with E-state index < -0.39 is 0 Å². The van der Waals surface area contributed by atoms with Gasteiger partial charge >= 0.3 is 0 Å². The molecule has 1 aliphatic heterocycles. The lowest BCUT2D eigenvalue weighted by atomic mass is 10.1. The fourth-order valence-corrected chi connectivity index (χ4v) is 3.74. The number of anilines is 1. The van der Waals surface area contributed by atoms with Gasteiger partial charge in [-0.2, -0.15) is 0 Å². The van der Waals surface area contributed by atoms with E-state index in [0.717, 1.165) is 13.0 Å². The van der Waals surface area contributed by atoms with Gasteiger partial charge in [-0.1, -0.05) is 0 Å². The fraction of sp³-hybridized carbons (Fsp3) is 0.316. The van der Waals surface area contributed by atoms with Crippen LogP contribution in [0.25, 0.3) is 0 Å². The third kappa shape index (κ3) is 4.33. The van der Waals surface area contributed by atoms with Crippen molar-refractivity contribution in [3.05, 3.63) is 51.7 Å². The summed E-state index contributed by atoms with van der Waals surface area (Å²) in [5.74, 6) is -0.199. The zero-order valence-electron chi connectivity index (χ0n) is 14.1. The third-order valence-corrected chi connectivity index (χ3v) is 5.32. The summed E-state index contributed by atoms with van der Waals surface area (Å²) >= 11 is 1.74. The van der Waals surface area contributed by atoms with E-state index in [-0.39, 0.29) is 30.4 Å². The van der Waals surface area contributed by atoms with Crippen LogP contribution in [-0.4, -0.2) is 29.0 Å². The van der Waals surface area contributed by atoms with Gasteiger partial charge < -0.3 is 10.2 Å². The Labute approximate surface area is 150 Å². The molecular weight excluding hydrogens is 336 g/mol. The highest BCUT2D eigenvalue weighted by Gasteiger charge is 2.21. The number of benzene rings is 1. The molecular formula is C19H20N2O3S. The Balaban J connectivity index is 1.47. The molecule has 0 saturated carbocycles. The van der Waals surface area contributed by atoms with E-state index in [2.05, 4.69) is 16.8 Å². The Morgan fingerprint density at radius 2 is 1.88 bits per heavy atom. The summed E-state index contributed by atoms with van der Waals surface area (Å²) in [6, 6.07) is 8.81. The molecule has 2 aromatic rings. The minimum Gasteiger partial charge on any atom is -0.338 e. The first-order chi connectivity index (χ1) is 12.0. The molecule has 130 valence electrons. The predicted octanol–water partition coefficient (Wildman–Crippen LogP) is 3.25. The van der Waals surface area contributed by atoms with Gasteiger partial charge in [0, 0.05) is 42.1 Å². The highest BCUT2D eigenvalue weighted by atomic mass is 32.1. The molecule has 0 fully saturated rings. The topological polar surface area (TPSA) is 66.5 Å². The largest absolute Gasteiger partial charge is 0.338 e. The van der Waals surface area contributed by atoms with Crippen molar-refractivity contribution in [2.45, 2.75) is 32.7 Å². The number of thiophene rings is 1. The van der Waals surface area contributed by atoms with Gasteiger partial charge in [0.1, 0.15) is 0 Å². The number of carbonyl (C=O) groups excluding carboxylic acids is 3. The van der Waals surface area contributed by atoms with E-state index in [1.807, 2.05) is 4.90 Å². The van der Waals surface area contributed by atoms with Crippen LogP contribution >= 0.6 is 11.3 Å². The number of Topliss-reactive ketones (excluding diaryl/α,β-unsaturated/α-hetero) is 1. The van der Waals surface area contributed by atoms with Crippen LogP contribution in [0.4, 0.5) is 5.69 Å². The van der Waals surface area contributed by atoms with Crippen molar-refractivity contribution in [3.8, 4) is 0 Å². The van der Waals surface area contributed by atoms with Gasteiger partial charge in [0.15, 0.2) is 5.78 Å². The van der Waals surface area contributed by atoms with Gasteiger partial charge in [0.05, 0.1) is 0 Å². The molecule has 0 unspecified atom stereocenters. The summed E-state index contributed by atoms with van der Waals surface area (Å²) in [7, 11) is 0. The molecule has 3 rings (SSSR count). The van der Waals surface area contributed by atoms with Crippen molar-refractivity contribution in [2.75, 3.05) is 11.9 Å². The molecule has 0 atom stereocenters. The second-order valence-electron chi connectivity index (χ2n) is 6.12. The molecule has 0 radical (unpaired) electrons. The van der Waals surface area contributed by atoms with E-state index in [4.69, 9.17) is 0 Å². The number of nitrogens with zero attached hydrogens (tertiary/aromatic N) is 1. The number of nitrogens with one attached hydrogen (secondary N) is 1. The second kappa shape index (κ2) is 7.61. The molecule has 0 saturated heterocycles. The Morgan fingerprint density at radius 1 is 1.12 bits per heavy atom. The number of fused-ring (bicyclic) bond motifs is 1. The number of rotatable bonds is 5. The van der Waals surface area contributed by atoms with Crippen molar-refractivity contribution in [3.63, 3.8) is 0 Å². The Kier molecular flexibility index (Phi) is 5.28. The van der Waals surface area contributed by atoms with Crippen LogP contribution in [0.3, 0.4) is 0 Å². The number of hydrogen-bond donors (Lipinski definition) is 1. The van der Waals surface area contributed by atoms with Crippen molar-refractivity contribution in [2.24, 2.45) is 0 Å². The zero-order valence-corrected chi connectivity index (χ0v) is 14.9.